The van der Waals surface area contributed by atoms with Crippen LogP contribution in [0.5, 0.6) is 5.75 Å². The number of carbonyl (C=O) groups excluding carboxylic acids is 1. The lowest BCUT2D eigenvalue weighted by atomic mass is 9.88. The van der Waals surface area contributed by atoms with Crippen LogP contribution in [0.3, 0.4) is 0 Å². The summed E-state index contributed by atoms with van der Waals surface area (Å²) < 4.78 is 7.04. The van der Waals surface area contributed by atoms with Gasteiger partial charge in [0.25, 0.3) is 0 Å². The van der Waals surface area contributed by atoms with Crippen LogP contribution < -0.4 is 10.1 Å². The average Bonchev–Trinajstić information content (AvgIpc) is 2.92. The van der Waals surface area contributed by atoms with Gasteiger partial charge in [0.05, 0.1) is 30.8 Å². The zero-order valence-corrected chi connectivity index (χ0v) is 16.4. The first kappa shape index (κ1) is 20.5. The van der Waals surface area contributed by atoms with Crippen molar-refractivity contribution in [3.05, 3.63) is 47.3 Å². The average molecular weight is 373 g/mol. The molecule has 2 aromatic rings. The highest BCUT2D eigenvalue weighted by atomic mass is 16.5. The second-order valence-electron chi connectivity index (χ2n) is 7.11. The summed E-state index contributed by atoms with van der Waals surface area (Å²) in [4.78, 5) is 24.1. The van der Waals surface area contributed by atoms with Crippen LogP contribution in [0.25, 0.3) is 0 Å². The van der Waals surface area contributed by atoms with Crippen molar-refractivity contribution in [3.8, 4) is 5.75 Å². The molecule has 0 saturated heterocycles. The normalized spacial score (nSPS) is 14.3. The minimum atomic E-state index is -1.05. The van der Waals surface area contributed by atoms with Gasteiger partial charge in [-0.15, -0.1) is 0 Å². The van der Waals surface area contributed by atoms with Crippen molar-refractivity contribution in [2.45, 2.75) is 52.1 Å². The van der Waals surface area contributed by atoms with Gasteiger partial charge in [-0.05, 0) is 51.5 Å². The maximum absolute atomic E-state index is 12.7. The molecule has 1 amide bonds. The Kier molecular flexibility index (Phi) is 6.25. The largest absolute Gasteiger partial charge is 0.497 e. The molecular formula is C20H27N3O4. The van der Waals surface area contributed by atoms with Crippen LogP contribution in [-0.4, -0.2) is 33.9 Å². The van der Waals surface area contributed by atoms with Crippen LogP contribution in [-0.2, 0) is 15.1 Å². The molecule has 0 radical (unpaired) electrons. The van der Waals surface area contributed by atoms with Crippen molar-refractivity contribution in [1.82, 2.24) is 15.1 Å². The monoisotopic (exact) mass is 373 g/mol. The molecule has 2 atom stereocenters. The summed E-state index contributed by atoms with van der Waals surface area (Å²) in [5.74, 6) is -0.622. The molecule has 146 valence electrons. The highest BCUT2D eigenvalue weighted by molar-refractivity contribution is 5.79. The molecule has 0 saturated carbocycles. The molecule has 0 aliphatic rings. The Balaban J connectivity index is 2.20. The third kappa shape index (κ3) is 5.09. The SMILES string of the molecule is COc1cccc(C(C)(CC(=O)O)NC(=O)CC(C)n2nc(C)cc2C)c1. The Morgan fingerprint density at radius 2 is 2.04 bits per heavy atom. The molecule has 0 bridgehead atoms. The number of rotatable bonds is 8. The molecule has 7 nitrogen and oxygen atoms in total. The summed E-state index contributed by atoms with van der Waals surface area (Å²) in [7, 11) is 1.54. The Morgan fingerprint density at radius 3 is 2.59 bits per heavy atom. The van der Waals surface area contributed by atoms with Crippen molar-refractivity contribution >= 4 is 11.9 Å². The molecule has 1 aromatic carbocycles. The van der Waals surface area contributed by atoms with Gasteiger partial charge in [-0.1, -0.05) is 12.1 Å². The van der Waals surface area contributed by atoms with Crippen LogP contribution in [0, 0.1) is 13.8 Å². The number of carboxylic acids is 1. The molecule has 1 aromatic heterocycles. The van der Waals surface area contributed by atoms with Gasteiger partial charge in [-0.3, -0.25) is 14.3 Å². The van der Waals surface area contributed by atoms with E-state index in [-0.39, 0.29) is 24.8 Å². The van der Waals surface area contributed by atoms with Gasteiger partial charge in [0, 0.05) is 12.1 Å². The van der Waals surface area contributed by atoms with Crippen molar-refractivity contribution in [2.24, 2.45) is 0 Å². The molecule has 0 spiro atoms. The minimum Gasteiger partial charge on any atom is -0.497 e. The molecule has 27 heavy (non-hydrogen) atoms. The number of ether oxygens (including phenoxy) is 1. The van der Waals surface area contributed by atoms with E-state index in [1.807, 2.05) is 31.5 Å². The summed E-state index contributed by atoms with van der Waals surface area (Å²) in [6.45, 7) is 7.48. The van der Waals surface area contributed by atoms with Gasteiger partial charge >= 0.3 is 5.97 Å². The molecule has 0 fully saturated rings. The molecule has 0 aliphatic carbocycles. The van der Waals surface area contributed by atoms with E-state index in [1.54, 1.807) is 38.3 Å². The van der Waals surface area contributed by atoms with E-state index in [0.717, 1.165) is 11.4 Å². The zero-order valence-electron chi connectivity index (χ0n) is 16.4. The van der Waals surface area contributed by atoms with E-state index in [9.17, 15) is 14.7 Å². The standard InChI is InChI=1S/C20H27N3O4/c1-13-9-14(2)23(22-13)15(3)10-18(24)21-20(4,12-19(25)26)16-7-6-8-17(11-16)27-5/h6-9,11,15H,10,12H2,1-5H3,(H,21,24)(H,25,26). The summed E-state index contributed by atoms with van der Waals surface area (Å²) in [6.07, 6.45) is -0.0403. The number of hydrogen-bond acceptors (Lipinski definition) is 4. The maximum Gasteiger partial charge on any atom is 0.306 e. The Labute approximate surface area is 159 Å². The highest BCUT2D eigenvalue weighted by Crippen LogP contribution is 2.28. The first-order valence-electron chi connectivity index (χ1n) is 8.84. The van der Waals surface area contributed by atoms with Gasteiger partial charge in [0.2, 0.25) is 5.91 Å². The maximum atomic E-state index is 12.7. The topological polar surface area (TPSA) is 93.5 Å². The molecule has 7 heteroatoms. The van der Waals surface area contributed by atoms with Crippen LogP contribution in [0.4, 0.5) is 0 Å². The fourth-order valence-corrected chi connectivity index (χ4v) is 3.29. The summed E-state index contributed by atoms with van der Waals surface area (Å²) in [5.41, 5.74) is 1.50. The highest BCUT2D eigenvalue weighted by Gasteiger charge is 2.32. The van der Waals surface area contributed by atoms with E-state index >= 15 is 0 Å². The lowest BCUT2D eigenvalue weighted by Crippen LogP contribution is -2.45. The number of aromatic nitrogens is 2. The lowest BCUT2D eigenvalue weighted by Gasteiger charge is -2.31. The number of hydrogen-bond donors (Lipinski definition) is 2. The van der Waals surface area contributed by atoms with Crippen LogP contribution in [0.1, 0.15) is 49.7 Å². The van der Waals surface area contributed by atoms with Crippen LogP contribution in [0.2, 0.25) is 0 Å². The fourth-order valence-electron chi connectivity index (χ4n) is 3.29. The molecule has 0 aliphatic heterocycles. The van der Waals surface area contributed by atoms with Gasteiger partial charge in [-0.2, -0.15) is 5.10 Å². The molecule has 2 unspecified atom stereocenters. The lowest BCUT2D eigenvalue weighted by molar-refractivity contribution is -0.139. The number of nitrogens with one attached hydrogen (secondary N) is 1. The van der Waals surface area contributed by atoms with Gasteiger partial charge in [0.1, 0.15) is 5.75 Å². The van der Waals surface area contributed by atoms with Gasteiger partial charge < -0.3 is 15.2 Å². The summed E-state index contributed by atoms with van der Waals surface area (Å²) >= 11 is 0. The number of amides is 1. The third-order valence-corrected chi connectivity index (χ3v) is 4.57. The summed E-state index contributed by atoms with van der Waals surface area (Å²) in [6, 6.07) is 8.90. The molecule has 1 heterocycles. The second-order valence-corrected chi connectivity index (χ2v) is 7.11. The molecule has 2 N–H and O–H groups in total. The van der Waals surface area contributed by atoms with Crippen molar-refractivity contribution in [2.75, 3.05) is 7.11 Å². The van der Waals surface area contributed by atoms with Crippen LogP contribution in [0.15, 0.2) is 30.3 Å². The van der Waals surface area contributed by atoms with E-state index in [1.165, 1.54) is 0 Å². The number of aryl methyl sites for hydroxylation is 2. The first-order chi connectivity index (χ1) is 12.6. The number of methoxy groups -OCH3 is 1. The summed E-state index contributed by atoms with van der Waals surface area (Å²) in [5, 5.41) is 16.7. The van der Waals surface area contributed by atoms with E-state index in [4.69, 9.17) is 4.74 Å². The van der Waals surface area contributed by atoms with Crippen molar-refractivity contribution < 1.29 is 19.4 Å². The minimum absolute atomic E-state index is 0.141. The predicted octanol–water partition coefficient (Wildman–Crippen LogP) is 2.97. The predicted molar refractivity (Wildman–Crippen MR) is 102 cm³/mol. The van der Waals surface area contributed by atoms with E-state index < -0.39 is 11.5 Å². The molecule has 2 rings (SSSR count). The Bertz CT molecular complexity index is 830. The molecular weight excluding hydrogens is 346 g/mol. The Morgan fingerprint density at radius 1 is 1.33 bits per heavy atom. The van der Waals surface area contributed by atoms with E-state index in [2.05, 4.69) is 10.4 Å². The van der Waals surface area contributed by atoms with Crippen molar-refractivity contribution in [3.63, 3.8) is 0 Å². The second kappa shape index (κ2) is 8.24. The smallest absolute Gasteiger partial charge is 0.306 e. The first-order valence-corrected chi connectivity index (χ1v) is 8.84. The van der Waals surface area contributed by atoms with Crippen molar-refractivity contribution in [1.29, 1.82) is 0 Å². The van der Waals surface area contributed by atoms with Gasteiger partial charge in [-0.25, -0.2) is 0 Å². The number of nitrogens with zero attached hydrogens (tertiary/aromatic N) is 2. The fraction of sp³-hybridized carbons (Fsp3) is 0.450. The number of carbonyl (C=O) groups is 2. The zero-order chi connectivity index (χ0) is 20.2. The third-order valence-electron chi connectivity index (χ3n) is 4.57. The Hall–Kier alpha value is -2.83. The van der Waals surface area contributed by atoms with Gasteiger partial charge in [0.15, 0.2) is 0 Å². The quantitative estimate of drug-likeness (QED) is 0.742. The van der Waals surface area contributed by atoms with E-state index in [0.29, 0.717) is 11.3 Å². The number of benzene rings is 1. The number of aliphatic carboxylic acids is 1. The van der Waals surface area contributed by atoms with Crippen LogP contribution >= 0.6 is 0 Å². The number of carboxylic acid groups (broad SMARTS) is 1.